The second-order valence-corrected chi connectivity index (χ2v) is 7.88. The normalized spacial score (nSPS) is 13.8. The van der Waals surface area contributed by atoms with Gasteiger partial charge >= 0.3 is 0 Å². The first-order chi connectivity index (χ1) is 14.1. The minimum absolute atomic E-state index is 0.103. The van der Waals surface area contributed by atoms with E-state index in [0.717, 1.165) is 18.4 Å². The summed E-state index contributed by atoms with van der Waals surface area (Å²) in [5, 5.41) is 9.76. The zero-order chi connectivity index (χ0) is 20.2. The summed E-state index contributed by atoms with van der Waals surface area (Å²) in [6.45, 7) is 3.42. The molecule has 0 unspecified atom stereocenters. The fraction of sp³-hybridized carbons (Fsp3) is 0.333. The molecule has 0 atom stereocenters. The van der Waals surface area contributed by atoms with Crippen LogP contribution in [0.3, 0.4) is 0 Å². The third kappa shape index (κ3) is 4.54. The van der Waals surface area contributed by atoms with Gasteiger partial charge in [0.2, 0.25) is 11.8 Å². The third-order valence-electron chi connectivity index (χ3n) is 4.93. The largest absolute Gasteiger partial charge is 0.311 e. The Labute approximate surface area is 173 Å². The molecule has 2 aromatic heterocycles. The van der Waals surface area contributed by atoms with Crippen molar-refractivity contribution in [2.75, 3.05) is 16.8 Å². The molecule has 1 aromatic carbocycles. The number of nitrogens with one attached hydrogen (secondary N) is 1. The predicted molar refractivity (Wildman–Crippen MR) is 113 cm³/mol. The van der Waals surface area contributed by atoms with Gasteiger partial charge in [0.25, 0.3) is 0 Å². The lowest BCUT2D eigenvalue weighted by atomic mass is 10.1. The minimum Gasteiger partial charge on any atom is -0.311 e. The Morgan fingerprint density at radius 2 is 2.00 bits per heavy atom. The van der Waals surface area contributed by atoms with Gasteiger partial charge in [-0.1, -0.05) is 31.2 Å². The number of thiazole rings is 1. The Morgan fingerprint density at radius 3 is 2.72 bits per heavy atom. The van der Waals surface area contributed by atoms with E-state index in [1.807, 2.05) is 5.38 Å². The fourth-order valence-electron chi connectivity index (χ4n) is 3.32. The first-order valence-corrected chi connectivity index (χ1v) is 10.6. The van der Waals surface area contributed by atoms with Crippen molar-refractivity contribution in [3.8, 4) is 0 Å². The van der Waals surface area contributed by atoms with Gasteiger partial charge in [0.05, 0.1) is 24.9 Å². The third-order valence-corrected chi connectivity index (χ3v) is 5.85. The fourth-order valence-corrected chi connectivity index (χ4v) is 4.19. The van der Waals surface area contributed by atoms with Crippen LogP contribution in [0.5, 0.6) is 0 Å². The van der Waals surface area contributed by atoms with Gasteiger partial charge in [-0.25, -0.2) is 9.67 Å². The molecule has 1 fully saturated rings. The summed E-state index contributed by atoms with van der Waals surface area (Å²) >= 11 is 1.40. The van der Waals surface area contributed by atoms with Crippen LogP contribution in [0.4, 0.5) is 10.9 Å². The van der Waals surface area contributed by atoms with Crippen LogP contribution in [0.1, 0.15) is 36.6 Å². The van der Waals surface area contributed by atoms with Gasteiger partial charge in [-0.05, 0) is 24.0 Å². The quantitative estimate of drug-likeness (QED) is 0.650. The molecule has 150 valence electrons. The van der Waals surface area contributed by atoms with E-state index in [1.54, 1.807) is 21.8 Å². The van der Waals surface area contributed by atoms with E-state index in [0.29, 0.717) is 36.2 Å². The number of hydrogen-bond acceptors (Lipinski definition) is 5. The summed E-state index contributed by atoms with van der Waals surface area (Å²) in [6.07, 6.45) is 4.28. The van der Waals surface area contributed by atoms with Gasteiger partial charge in [-0.2, -0.15) is 5.10 Å². The summed E-state index contributed by atoms with van der Waals surface area (Å²) in [7, 11) is 0. The highest BCUT2D eigenvalue weighted by Gasteiger charge is 2.24. The highest BCUT2D eigenvalue weighted by atomic mass is 32.1. The van der Waals surface area contributed by atoms with Crippen molar-refractivity contribution in [2.45, 2.75) is 39.2 Å². The lowest BCUT2D eigenvalue weighted by molar-refractivity contribution is -0.117. The number of benzene rings is 1. The molecule has 7 nitrogen and oxygen atoms in total. The summed E-state index contributed by atoms with van der Waals surface area (Å²) in [4.78, 5) is 30.5. The number of hydrogen-bond donors (Lipinski definition) is 1. The number of carbonyl (C=O) groups is 2. The molecule has 1 aliphatic heterocycles. The number of aromatic nitrogens is 3. The maximum atomic E-state index is 12.5. The average molecular weight is 410 g/mol. The summed E-state index contributed by atoms with van der Waals surface area (Å²) < 4.78 is 1.77. The molecule has 3 aromatic rings. The highest BCUT2D eigenvalue weighted by molar-refractivity contribution is 7.14. The van der Waals surface area contributed by atoms with Crippen molar-refractivity contribution in [1.29, 1.82) is 0 Å². The smallest absolute Gasteiger partial charge is 0.231 e. The van der Waals surface area contributed by atoms with Crippen LogP contribution >= 0.6 is 11.3 Å². The van der Waals surface area contributed by atoms with Crippen LogP contribution in [-0.2, 0) is 29.0 Å². The molecule has 0 spiro atoms. The van der Waals surface area contributed by atoms with Crippen LogP contribution < -0.4 is 10.2 Å². The van der Waals surface area contributed by atoms with Crippen molar-refractivity contribution in [2.24, 2.45) is 0 Å². The molecule has 2 amide bonds. The van der Waals surface area contributed by atoms with E-state index in [-0.39, 0.29) is 18.2 Å². The lowest BCUT2D eigenvalue weighted by Crippen LogP contribution is -2.23. The molecule has 1 N–H and O–H groups in total. The highest BCUT2D eigenvalue weighted by Crippen LogP contribution is 2.25. The molecule has 1 aliphatic rings. The van der Waals surface area contributed by atoms with E-state index in [2.05, 4.69) is 46.6 Å². The minimum atomic E-state index is -0.155. The van der Waals surface area contributed by atoms with Crippen molar-refractivity contribution in [1.82, 2.24) is 14.8 Å². The van der Waals surface area contributed by atoms with Crippen LogP contribution in [0, 0.1) is 0 Å². The van der Waals surface area contributed by atoms with Crippen LogP contribution in [0.15, 0.2) is 41.9 Å². The number of anilines is 2. The maximum absolute atomic E-state index is 12.5. The molecular formula is C21H23N5O2S. The molecular weight excluding hydrogens is 386 g/mol. The Kier molecular flexibility index (Phi) is 5.71. The molecule has 8 heteroatoms. The van der Waals surface area contributed by atoms with Crippen molar-refractivity contribution in [3.05, 3.63) is 58.7 Å². The second kappa shape index (κ2) is 8.57. The van der Waals surface area contributed by atoms with Crippen molar-refractivity contribution in [3.63, 3.8) is 0 Å². The van der Waals surface area contributed by atoms with Crippen LogP contribution in [0.2, 0.25) is 0 Å². The molecule has 4 rings (SSSR count). The van der Waals surface area contributed by atoms with Gasteiger partial charge < -0.3 is 5.32 Å². The zero-order valence-electron chi connectivity index (χ0n) is 16.3. The lowest BCUT2D eigenvalue weighted by Gasteiger charge is -2.10. The van der Waals surface area contributed by atoms with E-state index in [4.69, 9.17) is 0 Å². The molecule has 1 saturated heterocycles. The van der Waals surface area contributed by atoms with E-state index in [1.165, 1.54) is 16.9 Å². The van der Waals surface area contributed by atoms with E-state index >= 15 is 0 Å². The van der Waals surface area contributed by atoms with Gasteiger partial charge in [0.1, 0.15) is 5.82 Å². The van der Waals surface area contributed by atoms with Gasteiger partial charge in [0.15, 0.2) is 5.13 Å². The monoisotopic (exact) mass is 409 g/mol. The van der Waals surface area contributed by atoms with Crippen molar-refractivity contribution < 1.29 is 9.59 Å². The van der Waals surface area contributed by atoms with Gasteiger partial charge in [-0.3, -0.25) is 14.5 Å². The van der Waals surface area contributed by atoms with E-state index < -0.39 is 0 Å². The van der Waals surface area contributed by atoms with Gasteiger partial charge in [-0.15, -0.1) is 11.3 Å². The standard InChI is InChI=1S/C21H23N5O2S/c1-2-15-5-7-16(8-6-15)13-26-18(9-10-22-26)24-19(27)12-17-14-29-21(23-17)25-11-3-4-20(25)28/h5-10,14H,2-4,11-13H2,1H3,(H,24,27). The second-order valence-electron chi connectivity index (χ2n) is 7.04. The van der Waals surface area contributed by atoms with E-state index in [9.17, 15) is 9.59 Å². The van der Waals surface area contributed by atoms with Gasteiger partial charge in [0, 0.05) is 24.4 Å². The Hall–Kier alpha value is -3.00. The first-order valence-electron chi connectivity index (χ1n) is 9.76. The number of amides is 2. The maximum Gasteiger partial charge on any atom is 0.231 e. The molecule has 0 saturated carbocycles. The average Bonchev–Trinajstić information content (AvgIpc) is 3.45. The van der Waals surface area contributed by atoms with Crippen LogP contribution in [-0.4, -0.2) is 33.1 Å². The Morgan fingerprint density at radius 1 is 1.21 bits per heavy atom. The molecule has 29 heavy (non-hydrogen) atoms. The SMILES string of the molecule is CCc1ccc(Cn2nccc2NC(=O)Cc2csc(N3CCCC3=O)n2)cc1. The molecule has 0 radical (unpaired) electrons. The zero-order valence-corrected chi connectivity index (χ0v) is 17.1. The topological polar surface area (TPSA) is 80.1 Å². The molecule has 0 aliphatic carbocycles. The van der Waals surface area contributed by atoms with Crippen molar-refractivity contribution >= 4 is 34.1 Å². The number of rotatable bonds is 7. The van der Waals surface area contributed by atoms with Crippen LogP contribution in [0.25, 0.3) is 0 Å². The summed E-state index contributed by atoms with van der Waals surface area (Å²) in [6, 6.07) is 10.2. The number of carbonyl (C=O) groups excluding carboxylic acids is 2. The molecule has 0 bridgehead atoms. The summed E-state index contributed by atoms with van der Waals surface area (Å²) in [5.74, 6) is 0.601. The molecule has 3 heterocycles. The first kappa shape index (κ1) is 19.3. The number of nitrogens with zero attached hydrogens (tertiary/aromatic N) is 4. The predicted octanol–water partition coefficient (Wildman–Crippen LogP) is 3.26. The number of aryl methyl sites for hydroxylation is 1. The Balaban J connectivity index is 1.37. The summed E-state index contributed by atoms with van der Waals surface area (Å²) in [5.41, 5.74) is 3.09. The Bertz CT molecular complexity index is 1010.